The van der Waals surface area contributed by atoms with Crippen molar-refractivity contribution < 1.29 is 9.15 Å². The zero-order valence-corrected chi connectivity index (χ0v) is 36.9. The van der Waals surface area contributed by atoms with E-state index in [1.54, 1.807) is 0 Å². The van der Waals surface area contributed by atoms with Crippen LogP contribution in [0.3, 0.4) is 0 Å². The van der Waals surface area contributed by atoms with Crippen LogP contribution in [0.15, 0.2) is 199 Å². The zero-order chi connectivity index (χ0) is 39.8. The van der Waals surface area contributed by atoms with Crippen LogP contribution in [-0.4, -0.2) is 17.1 Å². The van der Waals surface area contributed by atoms with E-state index in [2.05, 4.69) is 220 Å². The molecular weight excluding hydrogens is 901 g/mol. The number of hydrogen-bond acceptors (Lipinski definition) is 3. The fourth-order valence-corrected chi connectivity index (χ4v) is 18.8. The Hall–Kier alpha value is -5.60. The van der Waals surface area contributed by atoms with Crippen LogP contribution in [0, 0.1) is 0 Å². The van der Waals surface area contributed by atoms with Gasteiger partial charge >= 0.3 is 0 Å². The Balaban J connectivity index is 1.20. The van der Waals surface area contributed by atoms with Gasteiger partial charge in [0.15, 0.2) is 17.1 Å². The molecule has 8 aromatic carbocycles. The first kappa shape index (κ1) is 35.2. The molecule has 2 atom stereocenters. The lowest BCUT2D eigenvalue weighted by Gasteiger charge is -2.37. The summed E-state index contributed by atoms with van der Waals surface area (Å²) in [5.74, 6) is 0. The maximum atomic E-state index is 7.01. The predicted octanol–water partition coefficient (Wildman–Crippen LogP) is 12.7. The molecule has 60 heavy (non-hydrogen) atoms. The first-order valence-corrected chi connectivity index (χ1v) is 24.6. The van der Waals surface area contributed by atoms with E-state index in [4.69, 9.17) is 9.15 Å². The normalized spacial score (nSPS) is 19.9. The van der Waals surface area contributed by atoms with Crippen LogP contribution in [0.5, 0.6) is 0 Å². The van der Waals surface area contributed by atoms with Crippen molar-refractivity contribution in [3.63, 3.8) is 0 Å². The molecule has 284 valence electrons. The van der Waals surface area contributed by atoms with E-state index in [0.29, 0.717) is 0 Å². The van der Waals surface area contributed by atoms with Crippen molar-refractivity contribution in [1.82, 2.24) is 0 Å². The molecule has 13 rings (SSSR count). The molecule has 0 saturated carbocycles. The molecule has 2 unspecified atom stereocenters. The van der Waals surface area contributed by atoms with Gasteiger partial charge in [0, 0.05) is 42.1 Å². The van der Waals surface area contributed by atoms with Crippen molar-refractivity contribution >= 4 is 125 Å². The highest BCUT2D eigenvalue weighted by Crippen LogP contribution is 2.62. The Bertz CT molecular complexity index is 3470. The van der Waals surface area contributed by atoms with Gasteiger partial charge in [-0.3, -0.25) is 0 Å². The van der Waals surface area contributed by atoms with E-state index in [-0.39, 0.29) is 0 Å². The summed E-state index contributed by atoms with van der Waals surface area (Å²) in [6.07, 6.45) is 4.35. The molecule has 0 aliphatic carbocycles. The Morgan fingerprint density at radius 2 is 0.983 bits per heavy atom. The molecule has 2 bridgehead atoms. The lowest BCUT2D eigenvalue weighted by molar-refractivity contribution is 0.109. The van der Waals surface area contributed by atoms with E-state index < -0.39 is 17.1 Å². The second-order valence-corrected chi connectivity index (χ2v) is 23.2. The maximum Gasteiger partial charge on any atom is 0.180 e. The SMILES string of the molecule is BrC12C=CC(Br)(O1)C1=C2c2ccc(-c3cccc4c3sc3ccccc34)cc2[Si](c2ccccc2)(c2ccccc2)c2cc(-c3cccc4oc5ccccc5c34)ccc21. The molecule has 0 radical (unpaired) electrons. The monoisotopic (exact) mass is 930 g/mol. The number of fused-ring (bicyclic) bond motifs is 14. The highest BCUT2D eigenvalue weighted by atomic mass is 79.9. The van der Waals surface area contributed by atoms with E-state index in [0.717, 1.165) is 44.2 Å². The molecule has 0 N–H and O–H groups in total. The number of ether oxygens (including phenoxy) is 1. The van der Waals surface area contributed by atoms with Crippen LogP contribution in [0.4, 0.5) is 0 Å². The summed E-state index contributed by atoms with van der Waals surface area (Å²) in [7, 11) is -3.21. The summed E-state index contributed by atoms with van der Waals surface area (Å²) >= 11 is 10.3. The number of hydrogen-bond donors (Lipinski definition) is 0. The first-order chi connectivity index (χ1) is 29.4. The van der Waals surface area contributed by atoms with Crippen LogP contribution in [-0.2, 0) is 4.74 Å². The van der Waals surface area contributed by atoms with Gasteiger partial charge in [0.1, 0.15) is 11.2 Å². The molecule has 6 heteroatoms. The lowest BCUT2D eigenvalue weighted by Crippen LogP contribution is -2.75. The van der Waals surface area contributed by atoms with Crippen molar-refractivity contribution in [3.05, 3.63) is 205 Å². The minimum Gasteiger partial charge on any atom is -0.456 e. The molecule has 5 heterocycles. The summed E-state index contributed by atoms with van der Waals surface area (Å²) in [4.78, 5) is 0. The maximum absolute atomic E-state index is 7.01. The molecular formula is C54H32Br2O2SSi. The topological polar surface area (TPSA) is 22.4 Å². The van der Waals surface area contributed by atoms with Gasteiger partial charge < -0.3 is 9.15 Å². The van der Waals surface area contributed by atoms with Crippen molar-refractivity contribution in [2.45, 2.75) is 9.02 Å². The van der Waals surface area contributed by atoms with E-state index in [1.165, 1.54) is 63.2 Å². The zero-order valence-electron chi connectivity index (χ0n) is 32.0. The third-order valence-corrected chi connectivity index (χ3v) is 20.7. The Morgan fingerprint density at radius 1 is 0.450 bits per heavy atom. The Labute approximate surface area is 368 Å². The van der Waals surface area contributed by atoms with Crippen LogP contribution >= 0.6 is 43.2 Å². The second kappa shape index (κ2) is 12.7. The van der Waals surface area contributed by atoms with Crippen molar-refractivity contribution in [1.29, 1.82) is 0 Å². The van der Waals surface area contributed by atoms with Gasteiger partial charge in [0.2, 0.25) is 0 Å². The number of benzene rings is 8. The molecule has 0 saturated heterocycles. The van der Waals surface area contributed by atoms with Gasteiger partial charge in [-0.15, -0.1) is 11.3 Å². The van der Waals surface area contributed by atoms with Crippen molar-refractivity contribution in [2.75, 3.05) is 0 Å². The number of halogens is 2. The standard InChI is InChI=1S/C54H32Br2O2SSi/c55-53-29-30-54(56,58-53)51-43-28-26-34(38-20-11-21-40-39-17-8-10-24-46(39)59-52(38)40)32-48(43)60(35-13-3-1-4-14-35,36-15-5-2-6-16-36)47-31-33(25-27-42(47)50(51)53)37-19-12-23-45-49(37)41-18-7-9-22-44(41)57-45/h1-32H. The minimum absolute atomic E-state index is 0.817. The summed E-state index contributed by atoms with van der Waals surface area (Å²) in [6.45, 7) is 0. The van der Waals surface area contributed by atoms with Gasteiger partial charge in [0.25, 0.3) is 0 Å². The minimum atomic E-state index is -3.21. The van der Waals surface area contributed by atoms with E-state index in [9.17, 15) is 0 Å². The number of alkyl halides is 2. The Kier molecular flexibility index (Phi) is 7.45. The number of furan rings is 1. The van der Waals surface area contributed by atoms with Gasteiger partial charge in [0.05, 0.1) is 0 Å². The van der Waals surface area contributed by atoms with Gasteiger partial charge in [-0.25, -0.2) is 0 Å². The molecule has 3 aliphatic heterocycles. The van der Waals surface area contributed by atoms with Gasteiger partial charge in [-0.1, -0.05) is 164 Å². The summed E-state index contributed by atoms with van der Waals surface area (Å²) in [6, 6.07) is 67.6. The lowest BCUT2D eigenvalue weighted by atomic mass is 9.86. The van der Waals surface area contributed by atoms with Crippen molar-refractivity contribution in [3.8, 4) is 22.3 Å². The van der Waals surface area contributed by atoms with Crippen molar-refractivity contribution in [2.24, 2.45) is 0 Å². The van der Waals surface area contributed by atoms with Gasteiger partial charge in [-0.2, -0.15) is 0 Å². The van der Waals surface area contributed by atoms with E-state index in [1.807, 2.05) is 17.4 Å². The average molecular weight is 933 g/mol. The molecule has 0 fully saturated rings. The molecule has 0 spiro atoms. The third-order valence-electron chi connectivity index (χ3n) is 13.0. The molecule has 2 nitrogen and oxygen atoms in total. The fraction of sp³-hybridized carbons (Fsp3) is 0.0370. The largest absolute Gasteiger partial charge is 0.456 e. The second-order valence-electron chi connectivity index (χ2n) is 16.0. The number of thiophene rings is 1. The number of rotatable bonds is 4. The summed E-state index contributed by atoms with van der Waals surface area (Å²) in [5.41, 5.74) is 11.3. The number of para-hydroxylation sites is 1. The average Bonchev–Trinajstić information content (AvgIpc) is 4.00. The Morgan fingerprint density at radius 3 is 1.67 bits per heavy atom. The smallest absolute Gasteiger partial charge is 0.180 e. The third kappa shape index (κ3) is 4.71. The van der Waals surface area contributed by atoms with Crippen LogP contribution in [0.1, 0.15) is 11.1 Å². The highest BCUT2D eigenvalue weighted by Gasteiger charge is 2.60. The molecule has 2 aromatic heterocycles. The molecule has 10 aromatic rings. The molecule has 3 aliphatic rings. The van der Waals surface area contributed by atoms with Crippen LogP contribution < -0.4 is 20.7 Å². The summed E-state index contributed by atoms with van der Waals surface area (Å²) < 4.78 is 14.4. The highest BCUT2D eigenvalue weighted by molar-refractivity contribution is 9.11. The van der Waals surface area contributed by atoms with Crippen LogP contribution in [0.25, 0.3) is 75.5 Å². The van der Waals surface area contributed by atoms with Crippen LogP contribution in [0.2, 0.25) is 0 Å². The van der Waals surface area contributed by atoms with Gasteiger partial charge in [-0.05, 0) is 116 Å². The van der Waals surface area contributed by atoms with E-state index >= 15 is 0 Å². The first-order valence-electron chi connectivity index (χ1n) is 20.2. The summed E-state index contributed by atoms with van der Waals surface area (Å²) in [5, 5.41) is 10.2. The predicted molar refractivity (Wildman–Crippen MR) is 261 cm³/mol. The molecule has 0 amide bonds. The fourth-order valence-electron chi connectivity index (χ4n) is 10.5. The quantitative estimate of drug-likeness (QED) is 0.0997.